The Balaban J connectivity index is 1.76. The third-order valence-corrected chi connectivity index (χ3v) is 4.75. The van der Waals surface area contributed by atoms with Gasteiger partial charge in [-0.1, -0.05) is 24.3 Å². The van der Waals surface area contributed by atoms with Gasteiger partial charge < -0.3 is 20.6 Å². The zero-order valence-corrected chi connectivity index (χ0v) is 13.3. The van der Waals surface area contributed by atoms with Gasteiger partial charge >= 0.3 is 6.03 Å². The van der Waals surface area contributed by atoms with E-state index in [1.165, 1.54) is 0 Å². The molecule has 1 saturated carbocycles. The van der Waals surface area contributed by atoms with Gasteiger partial charge in [0, 0.05) is 19.7 Å². The molecule has 0 aromatic heterocycles. The monoisotopic (exact) mass is 317 g/mol. The summed E-state index contributed by atoms with van der Waals surface area (Å²) in [4.78, 5) is 26.2. The lowest BCUT2D eigenvalue weighted by Gasteiger charge is -2.36. The molecule has 6 heteroatoms. The number of carbonyl (C=O) groups excluding carboxylic acids is 2. The number of nitrogens with zero attached hydrogens (tertiary/aromatic N) is 1. The zero-order chi connectivity index (χ0) is 16.4. The maximum Gasteiger partial charge on any atom is 0.318 e. The molecular weight excluding hydrogens is 294 g/mol. The number of hydrogen-bond donors (Lipinski definition) is 3. The van der Waals surface area contributed by atoms with Crippen LogP contribution in [0.5, 0.6) is 0 Å². The maximum absolute atomic E-state index is 12.7. The molecule has 1 heterocycles. The summed E-state index contributed by atoms with van der Waals surface area (Å²) in [7, 11) is 0. The molecule has 2 aliphatic rings. The summed E-state index contributed by atoms with van der Waals surface area (Å²) in [5.41, 5.74) is 2.00. The van der Waals surface area contributed by atoms with Gasteiger partial charge in [-0.05, 0) is 37.3 Å². The van der Waals surface area contributed by atoms with Crippen molar-refractivity contribution in [2.45, 2.75) is 37.8 Å². The summed E-state index contributed by atoms with van der Waals surface area (Å²) in [6.07, 6.45) is 2.08. The summed E-state index contributed by atoms with van der Waals surface area (Å²) < 4.78 is 0. The fraction of sp³-hybridized carbons (Fsp3) is 0.529. The highest BCUT2D eigenvalue weighted by molar-refractivity contribution is 5.88. The highest BCUT2D eigenvalue weighted by atomic mass is 16.3. The van der Waals surface area contributed by atoms with Gasteiger partial charge in [-0.2, -0.15) is 0 Å². The summed E-state index contributed by atoms with van der Waals surface area (Å²) in [6, 6.07) is 7.25. The van der Waals surface area contributed by atoms with Gasteiger partial charge in [0.25, 0.3) is 0 Å². The van der Waals surface area contributed by atoms with Crippen molar-refractivity contribution in [1.29, 1.82) is 0 Å². The summed E-state index contributed by atoms with van der Waals surface area (Å²) >= 11 is 0. The van der Waals surface area contributed by atoms with E-state index in [0.29, 0.717) is 13.1 Å². The van der Waals surface area contributed by atoms with E-state index >= 15 is 0 Å². The maximum atomic E-state index is 12.7. The Morgan fingerprint density at radius 1 is 1.43 bits per heavy atom. The predicted molar refractivity (Wildman–Crippen MR) is 85.8 cm³/mol. The minimum absolute atomic E-state index is 0.120. The molecule has 0 unspecified atom stereocenters. The van der Waals surface area contributed by atoms with Crippen LogP contribution in [0.3, 0.4) is 0 Å². The van der Waals surface area contributed by atoms with Gasteiger partial charge in [-0.3, -0.25) is 4.79 Å². The third kappa shape index (κ3) is 3.03. The van der Waals surface area contributed by atoms with Crippen molar-refractivity contribution in [2.75, 3.05) is 19.7 Å². The lowest BCUT2D eigenvalue weighted by molar-refractivity contribution is -0.128. The molecule has 3 N–H and O–H groups in total. The van der Waals surface area contributed by atoms with E-state index in [4.69, 9.17) is 5.11 Å². The van der Waals surface area contributed by atoms with E-state index in [1.807, 2.05) is 25.1 Å². The van der Waals surface area contributed by atoms with Crippen molar-refractivity contribution in [3.05, 3.63) is 35.4 Å². The minimum atomic E-state index is -0.596. The number of aryl methyl sites for hydroxylation is 1. The molecule has 1 aliphatic heterocycles. The van der Waals surface area contributed by atoms with E-state index in [9.17, 15) is 9.59 Å². The van der Waals surface area contributed by atoms with E-state index in [-0.39, 0.29) is 30.5 Å². The fourth-order valence-electron chi connectivity index (χ4n) is 3.34. The number of aliphatic hydroxyl groups excluding tert-OH is 1. The fourth-order valence-corrected chi connectivity index (χ4v) is 3.34. The molecule has 6 nitrogen and oxygen atoms in total. The van der Waals surface area contributed by atoms with Crippen LogP contribution in [-0.4, -0.2) is 47.7 Å². The largest absolute Gasteiger partial charge is 0.396 e. The van der Waals surface area contributed by atoms with Gasteiger partial charge in [-0.25, -0.2) is 4.79 Å². The highest BCUT2D eigenvalue weighted by Gasteiger charge is 2.48. The number of aliphatic hydroxyl groups is 1. The number of hydrogen-bond acceptors (Lipinski definition) is 3. The van der Waals surface area contributed by atoms with Crippen molar-refractivity contribution in [2.24, 2.45) is 0 Å². The van der Waals surface area contributed by atoms with Crippen LogP contribution < -0.4 is 10.6 Å². The molecule has 3 amide bonds. The van der Waals surface area contributed by atoms with Gasteiger partial charge in [0.15, 0.2) is 0 Å². The quantitative estimate of drug-likeness (QED) is 0.771. The standard InChI is InChI=1S/C17H23N3O3/c1-12-4-2-3-5-13(12)17(7-8-17)19-16(23)20-10-9-18-15(22)14(20)6-11-21/h2-5,14,21H,6-11H2,1H3,(H,18,22)(H,19,23)/t14-/m1/s1. The van der Waals surface area contributed by atoms with Crippen LogP contribution >= 0.6 is 0 Å². The molecule has 0 radical (unpaired) electrons. The average Bonchev–Trinajstić information content (AvgIpc) is 3.30. The summed E-state index contributed by atoms with van der Waals surface area (Å²) in [6.45, 7) is 2.84. The van der Waals surface area contributed by atoms with Crippen molar-refractivity contribution in [1.82, 2.24) is 15.5 Å². The minimum Gasteiger partial charge on any atom is -0.396 e. The van der Waals surface area contributed by atoms with Gasteiger partial charge in [0.2, 0.25) is 5.91 Å². The van der Waals surface area contributed by atoms with E-state index < -0.39 is 6.04 Å². The molecular formula is C17H23N3O3. The first kappa shape index (κ1) is 15.8. The lowest BCUT2D eigenvalue weighted by atomic mass is 9.99. The SMILES string of the molecule is Cc1ccccc1C1(NC(=O)N2CCNC(=O)[C@H]2CCO)CC1. The molecule has 1 atom stereocenters. The second kappa shape index (κ2) is 6.20. The first-order valence-corrected chi connectivity index (χ1v) is 8.11. The van der Waals surface area contributed by atoms with Crippen LogP contribution in [0.15, 0.2) is 24.3 Å². The van der Waals surface area contributed by atoms with Crippen molar-refractivity contribution >= 4 is 11.9 Å². The van der Waals surface area contributed by atoms with Crippen LogP contribution in [-0.2, 0) is 10.3 Å². The van der Waals surface area contributed by atoms with Gasteiger partial charge in [0.05, 0.1) is 5.54 Å². The Morgan fingerprint density at radius 3 is 2.83 bits per heavy atom. The Morgan fingerprint density at radius 2 is 2.17 bits per heavy atom. The lowest BCUT2D eigenvalue weighted by Crippen LogP contribution is -2.60. The molecule has 1 aliphatic carbocycles. The molecule has 1 aromatic carbocycles. The summed E-state index contributed by atoms with van der Waals surface area (Å²) in [5.74, 6) is -0.193. The van der Waals surface area contributed by atoms with E-state index in [2.05, 4.69) is 16.7 Å². The number of carbonyl (C=O) groups is 2. The number of benzene rings is 1. The van der Waals surface area contributed by atoms with Crippen molar-refractivity contribution in [3.8, 4) is 0 Å². The third-order valence-electron chi connectivity index (χ3n) is 4.75. The van der Waals surface area contributed by atoms with Crippen LogP contribution in [0.1, 0.15) is 30.4 Å². The summed E-state index contributed by atoms with van der Waals surface area (Å²) in [5, 5.41) is 15.0. The van der Waals surface area contributed by atoms with Crippen LogP contribution in [0.25, 0.3) is 0 Å². The molecule has 2 fully saturated rings. The highest BCUT2D eigenvalue weighted by Crippen LogP contribution is 2.46. The zero-order valence-electron chi connectivity index (χ0n) is 13.3. The molecule has 1 saturated heterocycles. The number of nitrogens with one attached hydrogen (secondary N) is 2. The normalized spacial score (nSPS) is 22.4. The Hall–Kier alpha value is -2.08. The van der Waals surface area contributed by atoms with E-state index in [0.717, 1.165) is 24.0 Å². The van der Waals surface area contributed by atoms with Gasteiger partial charge in [0.1, 0.15) is 6.04 Å². The Kier molecular flexibility index (Phi) is 4.26. The number of urea groups is 1. The Labute approximate surface area is 135 Å². The van der Waals surface area contributed by atoms with Crippen molar-refractivity contribution in [3.63, 3.8) is 0 Å². The topological polar surface area (TPSA) is 81.7 Å². The molecule has 1 aromatic rings. The average molecular weight is 317 g/mol. The second-order valence-corrected chi connectivity index (χ2v) is 6.34. The number of amides is 3. The van der Waals surface area contributed by atoms with Crippen molar-refractivity contribution < 1.29 is 14.7 Å². The predicted octanol–water partition coefficient (Wildman–Crippen LogP) is 0.877. The molecule has 23 heavy (non-hydrogen) atoms. The van der Waals surface area contributed by atoms with Crippen LogP contribution in [0, 0.1) is 6.92 Å². The molecule has 0 spiro atoms. The van der Waals surface area contributed by atoms with Gasteiger partial charge in [-0.15, -0.1) is 0 Å². The number of piperazine rings is 1. The van der Waals surface area contributed by atoms with Crippen LogP contribution in [0.4, 0.5) is 4.79 Å². The molecule has 124 valence electrons. The Bertz CT molecular complexity index is 613. The van der Waals surface area contributed by atoms with E-state index in [1.54, 1.807) is 4.90 Å². The smallest absolute Gasteiger partial charge is 0.318 e. The number of rotatable bonds is 4. The first-order valence-electron chi connectivity index (χ1n) is 8.11. The molecule has 0 bridgehead atoms. The van der Waals surface area contributed by atoms with Crippen LogP contribution in [0.2, 0.25) is 0 Å². The first-order chi connectivity index (χ1) is 11.1. The molecule has 3 rings (SSSR count). The second-order valence-electron chi connectivity index (χ2n) is 6.34.